The smallest absolute Gasteiger partial charge is 0.389 e. The molecule has 0 aliphatic carbocycles. The highest BCUT2D eigenvalue weighted by Gasteiger charge is 2.30. The van der Waals surface area contributed by atoms with Gasteiger partial charge in [0.1, 0.15) is 0 Å². The molecule has 0 bridgehead atoms. The highest BCUT2D eigenvalue weighted by molar-refractivity contribution is 7.89. The molecule has 20 heavy (non-hydrogen) atoms. The summed E-state index contributed by atoms with van der Waals surface area (Å²) in [4.78, 5) is 10.4. The van der Waals surface area contributed by atoms with E-state index >= 15 is 0 Å². The molecule has 0 unspecified atom stereocenters. The minimum Gasteiger partial charge on any atom is -0.481 e. The number of hydrogen-bond donors (Lipinski definition) is 1. The van der Waals surface area contributed by atoms with Gasteiger partial charge >= 0.3 is 12.1 Å². The third-order valence-corrected chi connectivity index (χ3v) is 4.69. The van der Waals surface area contributed by atoms with Crippen LogP contribution in [0.25, 0.3) is 0 Å². The average Bonchev–Trinajstić information content (AvgIpc) is 2.20. The average molecular weight is 319 g/mol. The topological polar surface area (TPSA) is 74.7 Å². The van der Waals surface area contributed by atoms with Crippen LogP contribution in [-0.2, 0) is 14.8 Å². The molecule has 0 aromatic carbocycles. The molecule has 0 rings (SSSR count). The van der Waals surface area contributed by atoms with Crippen LogP contribution < -0.4 is 0 Å². The van der Waals surface area contributed by atoms with Crippen LogP contribution in [0.4, 0.5) is 13.2 Å². The van der Waals surface area contributed by atoms with Crippen LogP contribution in [0.2, 0.25) is 0 Å². The summed E-state index contributed by atoms with van der Waals surface area (Å²) in [6.07, 6.45) is -6.06. The fraction of sp³-hybridized carbons (Fsp3) is 0.909. The second-order valence-electron chi connectivity index (χ2n) is 4.74. The molecule has 0 aliphatic heterocycles. The molecule has 0 aromatic rings. The number of nitrogens with zero attached hydrogens (tertiary/aromatic N) is 1. The highest BCUT2D eigenvalue weighted by atomic mass is 32.2. The van der Waals surface area contributed by atoms with Crippen molar-refractivity contribution in [2.75, 3.05) is 12.3 Å². The third-order valence-electron chi connectivity index (χ3n) is 2.56. The van der Waals surface area contributed by atoms with Gasteiger partial charge in [0.2, 0.25) is 10.0 Å². The number of alkyl halides is 3. The van der Waals surface area contributed by atoms with Gasteiger partial charge in [0.15, 0.2) is 0 Å². The van der Waals surface area contributed by atoms with E-state index in [2.05, 4.69) is 0 Å². The first-order valence-corrected chi connectivity index (χ1v) is 7.84. The van der Waals surface area contributed by atoms with E-state index in [4.69, 9.17) is 5.11 Å². The first-order valence-electron chi connectivity index (χ1n) is 6.24. The molecule has 120 valence electrons. The van der Waals surface area contributed by atoms with E-state index in [0.29, 0.717) is 0 Å². The third kappa shape index (κ3) is 8.36. The fourth-order valence-electron chi connectivity index (χ4n) is 1.68. The van der Waals surface area contributed by atoms with Gasteiger partial charge in [-0.2, -0.15) is 17.5 Å². The second kappa shape index (κ2) is 7.82. The number of carboxylic acid groups (broad SMARTS) is 1. The zero-order chi connectivity index (χ0) is 16.0. The van der Waals surface area contributed by atoms with Crippen molar-refractivity contribution in [2.45, 2.75) is 51.7 Å². The van der Waals surface area contributed by atoms with Gasteiger partial charge in [0.25, 0.3) is 0 Å². The number of halogens is 3. The molecule has 0 amide bonds. The molecule has 5 nitrogen and oxygen atoms in total. The number of aliphatic carboxylic acids is 1. The van der Waals surface area contributed by atoms with Gasteiger partial charge in [-0.15, -0.1) is 0 Å². The van der Waals surface area contributed by atoms with E-state index in [1.54, 1.807) is 13.8 Å². The van der Waals surface area contributed by atoms with E-state index in [-0.39, 0.29) is 19.4 Å². The van der Waals surface area contributed by atoms with Crippen LogP contribution >= 0.6 is 0 Å². The van der Waals surface area contributed by atoms with Crippen LogP contribution in [0.1, 0.15) is 39.5 Å². The summed E-state index contributed by atoms with van der Waals surface area (Å²) < 4.78 is 61.0. The normalized spacial score (nSPS) is 13.2. The zero-order valence-corrected chi connectivity index (χ0v) is 12.3. The molecule has 0 aliphatic rings. The predicted molar refractivity (Wildman–Crippen MR) is 67.8 cm³/mol. The van der Waals surface area contributed by atoms with Gasteiger partial charge in [0, 0.05) is 25.4 Å². The first-order chi connectivity index (χ1) is 8.96. The van der Waals surface area contributed by atoms with Gasteiger partial charge in [-0.3, -0.25) is 4.79 Å². The maximum absolute atomic E-state index is 12.0. The van der Waals surface area contributed by atoms with Crippen molar-refractivity contribution < 1.29 is 31.5 Å². The minimum atomic E-state index is -4.37. The zero-order valence-electron chi connectivity index (χ0n) is 11.5. The molecule has 0 atom stereocenters. The summed E-state index contributed by atoms with van der Waals surface area (Å²) >= 11 is 0. The van der Waals surface area contributed by atoms with Gasteiger partial charge in [-0.1, -0.05) is 0 Å². The predicted octanol–water partition coefficient (Wildman–Crippen LogP) is 2.23. The number of rotatable bonds is 9. The lowest BCUT2D eigenvalue weighted by Gasteiger charge is -2.25. The van der Waals surface area contributed by atoms with Crippen LogP contribution in [0.5, 0.6) is 0 Å². The van der Waals surface area contributed by atoms with Crippen molar-refractivity contribution in [3.8, 4) is 0 Å². The Kier molecular flexibility index (Phi) is 7.50. The molecular formula is C11H20F3NO4S. The van der Waals surface area contributed by atoms with E-state index < -0.39 is 46.8 Å². The molecule has 0 saturated heterocycles. The van der Waals surface area contributed by atoms with Crippen molar-refractivity contribution in [3.63, 3.8) is 0 Å². The molecule has 0 radical (unpaired) electrons. The quantitative estimate of drug-likeness (QED) is 0.707. The fourth-order valence-corrected chi connectivity index (χ4v) is 3.47. The Bertz CT molecular complexity index is 406. The molecule has 0 heterocycles. The molecule has 9 heteroatoms. The summed E-state index contributed by atoms with van der Waals surface area (Å²) in [5, 5.41) is 8.51. The standard InChI is InChI=1S/C11H20F3NO4S/c1-9(2)15(7-3-5-10(16)17)20(18,19)8-4-6-11(12,13)14/h9H,3-8H2,1-2H3,(H,16,17). The summed E-state index contributed by atoms with van der Waals surface area (Å²) in [5.74, 6) is -1.62. The molecule has 0 saturated carbocycles. The molecule has 0 spiro atoms. The highest BCUT2D eigenvalue weighted by Crippen LogP contribution is 2.22. The molecule has 0 aromatic heterocycles. The lowest BCUT2D eigenvalue weighted by molar-refractivity contribution is -0.137. The van der Waals surface area contributed by atoms with Gasteiger partial charge in [-0.25, -0.2) is 8.42 Å². The van der Waals surface area contributed by atoms with Crippen molar-refractivity contribution in [3.05, 3.63) is 0 Å². The van der Waals surface area contributed by atoms with Gasteiger partial charge in [0.05, 0.1) is 5.75 Å². The molecule has 1 N–H and O–H groups in total. The lowest BCUT2D eigenvalue weighted by atomic mass is 10.3. The molecule has 0 fully saturated rings. The van der Waals surface area contributed by atoms with Crippen molar-refractivity contribution in [1.82, 2.24) is 4.31 Å². The van der Waals surface area contributed by atoms with Crippen molar-refractivity contribution in [1.29, 1.82) is 0 Å². The molecular weight excluding hydrogens is 299 g/mol. The van der Waals surface area contributed by atoms with Crippen molar-refractivity contribution in [2.24, 2.45) is 0 Å². The Morgan fingerprint density at radius 2 is 1.80 bits per heavy atom. The lowest BCUT2D eigenvalue weighted by Crippen LogP contribution is -2.39. The van der Waals surface area contributed by atoms with Gasteiger partial charge < -0.3 is 5.11 Å². The summed E-state index contributed by atoms with van der Waals surface area (Å²) in [7, 11) is -3.80. The number of carboxylic acids is 1. The maximum atomic E-state index is 12.0. The number of carbonyl (C=O) groups is 1. The Labute approximate surface area is 116 Å². The number of sulfonamides is 1. The monoisotopic (exact) mass is 319 g/mol. The van der Waals surface area contributed by atoms with Crippen LogP contribution in [0, 0.1) is 0 Å². The van der Waals surface area contributed by atoms with E-state index in [1.807, 2.05) is 0 Å². The Morgan fingerprint density at radius 3 is 2.20 bits per heavy atom. The summed E-state index contributed by atoms with van der Waals surface area (Å²) in [6.45, 7) is 3.20. The SMILES string of the molecule is CC(C)N(CCCC(=O)O)S(=O)(=O)CCCC(F)(F)F. The summed E-state index contributed by atoms with van der Waals surface area (Å²) in [5.41, 5.74) is 0. The van der Waals surface area contributed by atoms with E-state index in [9.17, 15) is 26.4 Å². The van der Waals surface area contributed by atoms with Crippen LogP contribution in [0.3, 0.4) is 0 Å². The van der Waals surface area contributed by atoms with E-state index in [1.165, 1.54) is 0 Å². The maximum Gasteiger partial charge on any atom is 0.389 e. The Morgan fingerprint density at radius 1 is 1.25 bits per heavy atom. The largest absolute Gasteiger partial charge is 0.481 e. The minimum absolute atomic E-state index is 0.00167. The Balaban J connectivity index is 4.52. The van der Waals surface area contributed by atoms with Crippen molar-refractivity contribution >= 4 is 16.0 Å². The number of hydrogen-bond acceptors (Lipinski definition) is 3. The second-order valence-corrected chi connectivity index (χ2v) is 6.78. The van der Waals surface area contributed by atoms with Crippen LogP contribution in [0.15, 0.2) is 0 Å². The summed E-state index contributed by atoms with van der Waals surface area (Å²) in [6, 6.07) is -0.417. The van der Waals surface area contributed by atoms with Gasteiger partial charge in [-0.05, 0) is 26.7 Å². The first kappa shape index (κ1) is 19.2. The van der Waals surface area contributed by atoms with E-state index in [0.717, 1.165) is 4.31 Å². The Hall–Kier alpha value is -0.830. The van der Waals surface area contributed by atoms with Crippen LogP contribution in [-0.4, -0.2) is 48.3 Å².